The molecule has 1 aliphatic heterocycles. The van der Waals surface area contributed by atoms with E-state index in [4.69, 9.17) is 16.3 Å². The smallest absolute Gasteiger partial charge is 0.271 e. The van der Waals surface area contributed by atoms with Crippen LogP contribution in [0.4, 0.5) is 17.1 Å². The Morgan fingerprint density at radius 1 is 1.21 bits per heavy atom. The molecule has 0 amide bonds. The Balaban J connectivity index is 1.83. The Kier molecular flexibility index (Phi) is 5.20. The maximum Gasteiger partial charge on any atom is 0.271 e. The third kappa shape index (κ3) is 3.35. The van der Waals surface area contributed by atoms with Gasteiger partial charge in [0.25, 0.3) is 5.69 Å². The van der Waals surface area contributed by atoms with Crippen molar-refractivity contribution in [1.82, 2.24) is 0 Å². The molecule has 0 atom stereocenters. The van der Waals surface area contributed by atoms with Crippen LogP contribution in [0.5, 0.6) is 5.75 Å². The first-order valence-corrected chi connectivity index (χ1v) is 8.53. The summed E-state index contributed by atoms with van der Waals surface area (Å²) in [4.78, 5) is 26.4. The van der Waals surface area contributed by atoms with Crippen molar-refractivity contribution >= 4 is 34.4 Å². The summed E-state index contributed by atoms with van der Waals surface area (Å²) in [6.07, 6.45) is 0. The van der Waals surface area contributed by atoms with Gasteiger partial charge >= 0.3 is 0 Å². The fraction of sp³-hybridized carbons (Fsp3) is 0.158. The number of nitriles is 1. The number of halogens is 1. The van der Waals surface area contributed by atoms with Gasteiger partial charge in [-0.1, -0.05) is 23.7 Å². The third-order valence-electron chi connectivity index (χ3n) is 4.34. The van der Waals surface area contributed by atoms with Crippen molar-refractivity contribution in [1.29, 1.82) is 5.26 Å². The predicted molar refractivity (Wildman–Crippen MR) is 104 cm³/mol. The van der Waals surface area contributed by atoms with Gasteiger partial charge in [-0.2, -0.15) is 5.26 Å². The number of non-ortho nitro benzene ring substituents is 1. The number of rotatable bonds is 5. The monoisotopic (exact) mass is 398 g/mol. The van der Waals surface area contributed by atoms with Crippen molar-refractivity contribution < 1.29 is 14.5 Å². The van der Waals surface area contributed by atoms with Crippen molar-refractivity contribution in [2.75, 3.05) is 30.5 Å². The number of Topliss-reactive ketones (excluding diaryl/α,β-unsaturated/α-hetero) is 1. The van der Waals surface area contributed by atoms with Gasteiger partial charge < -0.3 is 14.5 Å². The van der Waals surface area contributed by atoms with Gasteiger partial charge in [0.05, 0.1) is 21.3 Å². The highest BCUT2D eigenvalue weighted by atomic mass is 35.5. The van der Waals surface area contributed by atoms with E-state index in [9.17, 15) is 20.2 Å². The number of benzene rings is 2. The minimum absolute atomic E-state index is 0.00988. The first-order valence-electron chi connectivity index (χ1n) is 8.16. The molecule has 0 fully saturated rings. The second kappa shape index (κ2) is 7.58. The normalized spacial score (nSPS) is 12.4. The molecule has 28 heavy (non-hydrogen) atoms. The zero-order valence-corrected chi connectivity index (χ0v) is 15.8. The van der Waals surface area contributed by atoms with Crippen LogP contribution in [-0.2, 0) is 4.79 Å². The number of ether oxygens (including phenoxy) is 1. The SMILES string of the molecule is CN1C(=C(C#N)C(=O)COc2ccc([N+](=O)[O-])cc2Cl)N(C)c2ccccc21. The molecule has 0 unspecified atom stereocenters. The maximum atomic E-state index is 12.7. The third-order valence-corrected chi connectivity index (χ3v) is 4.63. The van der Waals surface area contributed by atoms with Crippen molar-refractivity contribution in [2.24, 2.45) is 0 Å². The standard InChI is InChI=1S/C19H15ClN4O4/c1-22-15-5-3-4-6-16(15)23(2)19(22)13(10-21)17(25)11-28-18-8-7-12(24(26)27)9-14(18)20/h3-9H,11H2,1-2H3. The molecule has 0 saturated carbocycles. The van der Waals surface area contributed by atoms with Crippen LogP contribution in [0, 0.1) is 21.4 Å². The molecule has 2 aromatic rings. The molecule has 0 aliphatic carbocycles. The molecular formula is C19H15ClN4O4. The Hall–Kier alpha value is -3.57. The van der Waals surface area contributed by atoms with Crippen LogP contribution in [0.3, 0.4) is 0 Å². The summed E-state index contributed by atoms with van der Waals surface area (Å²) in [5, 5.41) is 20.4. The summed E-state index contributed by atoms with van der Waals surface area (Å²) in [5.74, 6) is 0.0462. The Morgan fingerprint density at radius 3 is 2.32 bits per heavy atom. The second-order valence-electron chi connectivity index (χ2n) is 6.00. The number of carbonyl (C=O) groups excluding carboxylic acids is 1. The van der Waals surface area contributed by atoms with Gasteiger partial charge in [0.1, 0.15) is 23.2 Å². The molecule has 0 radical (unpaired) electrons. The number of nitro benzene ring substituents is 1. The van der Waals surface area contributed by atoms with E-state index >= 15 is 0 Å². The number of nitro groups is 1. The van der Waals surface area contributed by atoms with Crippen molar-refractivity contribution in [3.05, 3.63) is 69.0 Å². The molecule has 0 bridgehead atoms. The lowest BCUT2D eigenvalue weighted by Crippen LogP contribution is -2.27. The number of carbonyl (C=O) groups is 1. The summed E-state index contributed by atoms with van der Waals surface area (Å²) in [6.45, 7) is -0.429. The van der Waals surface area contributed by atoms with Crippen LogP contribution >= 0.6 is 11.6 Å². The van der Waals surface area contributed by atoms with Gasteiger partial charge in [0.2, 0.25) is 5.78 Å². The van der Waals surface area contributed by atoms with Crippen LogP contribution in [-0.4, -0.2) is 31.4 Å². The number of hydrogen-bond acceptors (Lipinski definition) is 7. The molecule has 142 valence electrons. The quantitative estimate of drug-likeness (QED) is 0.329. The lowest BCUT2D eigenvalue weighted by molar-refractivity contribution is -0.384. The van der Waals surface area contributed by atoms with E-state index in [-0.39, 0.29) is 22.0 Å². The summed E-state index contributed by atoms with van der Waals surface area (Å²) < 4.78 is 5.40. The minimum Gasteiger partial charge on any atom is -0.484 e. The maximum absolute atomic E-state index is 12.7. The topological polar surface area (TPSA) is 99.7 Å². The van der Waals surface area contributed by atoms with Gasteiger partial charge in [-0.25, -0.2) is 0 Å². The lowest BCUT2D eigenvalue weighted by atomic mass is 10.2. The average Bonchev–Trinajstić information content (AvgIpc) is 2.93. The molecule has 0 spiro atoms. The van der Waals surface area contributed by atoms with E-state index in [2.05, 4.69) is 0 Å². The number of fused-ring (bicyclic) bond motifs is 1. The number of para-hydroxylation sites is 2. The second-order valence-corrected chi connectivity index (χ2v) is 6.41. The van der Waals surface area contributed by atoms with E-state index in [1.807, 2.05) is 30.3 Å². The lowest BCUT2D eigenvalue weighted by Gasteiger charge is -2.20. The van der Waals surface area contributed by atoms with Crippen molar-refractivity contribution in [2.45, 2.75) is 0 Å². The highest BCUT2D eigenvalue weighted by Gasteiger charge is 2.31. The van der Waals surface area contributed by atoms with Crippen LogP contribution in [0.25, 0.3) is 0 Å². The first kappa shape index (κ1) is 19.2. The minimum atomic E-state index is -0.581. The highest BCUT2D eigenvalue weighted by molar-refractivity contribution is 6.32. The fourth-order valence-electron chi connectivity index (χ4n) is 2.99. The van der Waals surface area contributed by atoms with Gasteiger partial charge in [0.15, 0.2) is 6.61 Å². The largest absolute Gasteiger partial charge is 0.484 e. The fourth-order valence-corrected chi connectivity index (χ4v) is 3.22. The van der Waals surface area contributed by atoms with Gasteiger partial charge in [-0.3, -0.25) is 14.9 Å². The summed E-state index contributed by atoms with van der Waals surface area (Å²) in [7, 11) is 3.55. The molecular weight excluding hydrogens is 384 g/mol. The number of anilines is 2. The van der Waals surface area contributed by atoms with E-state index in [1.165, 1.54) is 12.1 Å². The number of nitrogens with zero attached hydrogens (tertiary/aromatic N) is 4. The molecule has 0 N–H and O–H groups in total. The Bertz CT molecular complexity index is 1010. The van der Waals surface area contributed by atoms with E-state index in [1.54, 1.807) is 23.9 Å². The molecule has 9 heteroatoms. The average molecular weight is 399 g/mol. The Labute approximate surface area is 165 Å². The molecule has 2 aromatic carbocycles. The molecule has 0 saturated heterocycles. The summed E-state index contributed by atoms with van der Waals surface area (Å²) >= 11 is 5.97. The van der Waals surface area contributed by atoms with Crippen LogP contribution in [0.1, 0.15) is 0 Å². The van der Waals surface area contributed by atoms with Gasteiger partial charge in [-0.15, -0.1) is 0 Å². The summed E-state index contributed by atoms with van der Waals surface area (Å²) in [5.41, 5.74) is 1.51. The van der Waals surface area contributed by atoms with Gasteiger partial charge in [-0.05, 0) is 18.2 Å². The Morgan fingerprint density at radius 2 is 1.82 bits per heavy atom. The van der Waals surface area contributed by atoms with E-state index in [0.717, 1.165) is 17.4 Å². The van der Waals surface area contributed by atoms with Crippen molar-refractivity contribution in [3.63, 3.8) is 0 Å². The van der Waals surface area contributed by atoms with Gasteiger partial charge in [0, 0.05) is 26.2 Å². The predicted octanol–water partition coefficient (Wildman–Crippen LogP) is 3.52. The van der Waals surface area contributed by atoms with Crippen LogP contribution in [0.2, 0.25) is 5.02 Å². The molecule has 8 nitrogen and oxygen atoms in total. The van der Waals surface area contributed by atoms with E-state index < -0.39 is 17.3 Å². The molecule has 1 heterocycles. The first-order chi connectivity index (χ1) is 13.3. The highest BCUT2D eigenvalue weighted by Crippen LogP contribution is 2.40. The zero-order chi connectivity index (χ0) is 20.4. The molecule has 3 rings (SSSR count). The van der Waals surface area contributed by atoms with Crippen molar-refractivity contribution in [3.8, 4) is 11.8 Å². The number of hydrogen-bond donors (Lipinski definition) is 0. The van der Waals surface area contributed by atoms with Crippen LogP contribution in [0.15, 0.2) is 53.9 Å². The molecule has 1 aliphatic rings. The summed E-state index contributed by atoms with van der Waals surface area (Å²) in [6, 6.07) is 13.2. The zero-order valence-electron chi connectivity index (χ0n) is 15.0. The molecule has 0 aromatic heterocycles. The van der Waals surface area contributed by atoms with E-state index in [0.29, 0.717) is 5.82 Å². The van der Waals surface area contributed by atoms with Crippen LogP contribution < -0.4 is 14.5 Å². The number of ketones is 1.